The molecule has 17 heavy (non-hydrogen) atoms. The smallest absolute Gasteiger partial charge is 0.232 e. The van der Waals surface area contributed by atoms with Crippen molar-refractivity contribution < 1.29 is 4.79 Å². The first kappa shape index (κ1) is 14.8. The second-order valence-corrected chi connectivity index (χ2v) is 7.70. The predicted molar refractivity (Wildman–Crippen MR) is 75.2 cm³/mol. The van der Waals surface area contributed by atoms with E-state index in [1.165, 1.54) is 12.8 Å². The van der Waals surface area contributed by atoms with Crippen LogP contribution in [0.4, 0.5) is 0 Å². The van der Waals surface area contributed by atoms with E-state index in [1.807, 2.05) is 11.9 Å². The number of rotatable bonds is 4. The van der Waals surface area contributed by atoms with E-state index in [-0.39, 0.29) is 10.7 Å². The maximum Gasteiger partial charge on any atom is 0.232 e. The Morgan fingerprint density at radius 2 is 2.06 bits per heavy atom. The summed E-state index contributed by atoms with van der Waals surface area (Å²) in [6.45, 7) is 7.13. The zero-order valence-corrected chi connectivity index (χ0v) is 12.3. The number of nitrogens with two attached hydrogens (primary N) is 1. The molecule has 0 bridgehead atoms. The normalized spacial score (nSPS) is 25.0. The molecule has 4 heteroatoms. The van der Waals surface area contributed by atoms with Crippen LogP contribution in [0.25, 0.3) is 0 Å². The van der Waals surface area contributed by atoms with Crippen molar-refractivity contribution in [2.24, 2.45) is 11.7 Å². The summed E-state index contributed by atoms with van der Waals surface area (Å²) in [6.07, 6.45) is 3.49. The topological polar surface area (TPSA) is 46.3 Å². The molecule has 1 saturated carbocycles. The fourth-order valence-electron chi connectivity index (χ4n) is 2.37. The molecule has 0 radical (unpaired) electrons. The summed E-state index contributed by atoms with van der Waals surface area (Å²) in [5.41, 5.74) is 5.76. The van der Waals surface area contributed by atoms with E-state index < -0.39 is 0 Å². The highest BCUT2D eigenvalue weighted by Gasteiger charge is 2.31. The van der Waals surface area contributed by atoms with Crippen molar-refractivity contribution in [3.05, 3.63) is 0 Å². The van der Waals surface area contributed by atoms with Crippen LogP contribution < -0.4 is 5.73 Å². The third-order valence-corrected chi connectivity index (χ3v) is 4.70. The van der Waals surface area contributed by atoms with Gasteiger partial charge in [-0.15, -0.1) is 11.8 Å². The predicted octanol–water partition coefficient (Wildman–Crippen LogP) is 2.10. The Hall–Kier alpha value is -0.220. The summed E-state index contributed by atoms with van der Waals surface area (Å²) in [4.78, 5) is 14.0. The lowest BCUT2D eigenvalue weighted by molar-refractivity contribution is -0.129. The molecule has 2 N–H and O–H groups in total. The van der Waals surface area contributed by atoms with Crippen molar-refractivity contribution in [1.29, 1.82) is 0 Å². The van der Waals surface area contributed by atoms with Crippen molar-refractivity contribution in [1.82, 2.24) is 4.90 Å². The first-order chi connectivity index (χ1) is 7.85. The molecule has 2 atom stereocenters. The van der Waals surface area contributed by atoms with Crippen LogP contribution in [0, 0.1) is 5.92 Å². The van der Waals surface area contributed by atoms with Crippen LogP contribution in [-0.2, 0) is 4.79 Å². The first-order valence-corrected chi connectivity index (χ1v) is 7.43. The van der Waals surface area contributed by atoms with Gasteiger partial charge in [-0.1, -0.05) is 27.2 Å². The Morgan fingerprint density at radius 1 is 1.41 bits per heavy atom. The van der Waals surface area contributed by atoms with Gasteiger partial charge in [-0.05, 0) is 25.3 Å². The van der Waals surface area contributed by atoms with E-state index in [9.17, 15) is 4.79 Å². The number of hydrogen-bond acceptors (Lipinski definition) is 3. The van der Waals surface area contributed by atoms with Crippen LogP contribution in [0.2, 0.25) is 0 Å². The lowest BCUT2D eigenvalue weighted by Crippen LogP contribution is -2.42. The van der Waals surface area contributed by atoms with Gasteiger partial charge in [0.2, 0.25) is 5.91 Å². The third kappa shape index (κ3) is 4.51. The lowest BCUT2D eigenvalue weighted by atomic mass is 10.0. The molecule has 0 aliphatic heterocycles. The van der Waals surface area contributed by atoms with Crippen LogP contribution in [0.3, 0.4) is 0 Å². The Balaban J connectivity index is 2.46. The molecular formula is C13H26N2OS. The molecule has 1 amide bonds. The summed E-state index contributed by atoms with van der Waals surface area (Å²) < 4.78 is 0.152. The minimum absolute atomic E-state index is 0.152. The Kier molecular flexibility index (Phi) is 5.32. The maximum atomic E-state index is 12.1. The molecule has 1 aliphatic carbocycles. The van der Waals surface area contributed by atoms with Crippen molar-refractivity contribution in [2.45, 2.75) is 50.8 Å². The summed E-state index contributed by atoms with van der Waals surface area (Å²) in [6, 6.07) is 0.369. The number of amides is 1. The number of hydrogen-bond donors (Lipinski definition) is 1. The van der Waals surface area contributed by atoms with Gasteiger partial charge in [-0.2, -0.15) is 0 Å². The summed E-state index contributed by atoms with van der Waals surface area (Å²) in [5, 5.41) is 0. The van der Waals surface area contributed by atoms with Gasteiger partial charge >= 0.3 is 0 Å². The quantitative estimate of drug-likeness (QED) is 0.840. The van der Waals surface area contributed by atoms with Crippen molar-refractivity contribution in [2.75, 3.05) is 19.3 Å². The van der Waals surface area contributed by atoms with Gasteiger partial charge in [-0.3, -0.25) is 4.79 Å². The maximum absolute atomic E-state index is 12.1. The Labute approximate surface area is 109 Å². The highest BCUT2D eigenvalue weighted by Crippen LogP contribution is 2.30. The SMILES string of the molecule is CN(C(=O)CSC(C)(C)C)C1CCCC1CN. The number of nitrogens with zero attached hydrogens (tertiary/aromatic N) is 1. The average molecular weight is 258 g/mol. The van der Waals surface area contributed by atoms with Gasteiger partial charge in [-0.25, -0.2) is 0 Å². The molecule has 0 aromatic heterocycles. The molecule has 0 aromatic carbocycles. The average Bonchev–Trinajstić information content (AvgIpc) is 2.71. The fourth-order valence-corrected chi connectivity index (χ4v) is 3.13. The monoisotopic (exact) mass is 258 g/mol. The number of carbonyl (C=O) groups excluding carboxylic acids is 1. The summed E-state index contributed by atoms with van der Waals surface area (Å²) >= 11 is 1.72. The molecule has 0 heterocycles. The molecule has 0 saturated heterocycles. The minimum Gasteiger partial charge on any atom is -0.342 e. The molecule has 1 aliphatic rings. The second-order valence-electron chi connectivity index (χ2n) is 5.90. The van der Waals surface area contributed by atoms with Gasteiger partial charge in [0.1, 0.15) is 0 Å². The summed E-state index contributed by atoms with van der Waals surface area (Å²) in [5.74, 6) is 1.33. The lowest BCUT2D eigenvalue weighted by Gasteiger charge is -2.30. The van der Waals surface area contributed by atoms with Crippen LogP contribution >= 0.6 is 11.8 Å². The molecular weight excluding hydrogens is 232 g/mol. The molecule has 0 aromatic rings. The van der Waals surface area contributed by atoms with Gasteiger partial charge < -0.3 is 10.6 Å². The van der Waals surface area contributed by atoms with E-state index in [1.54, 1.807) is 11.8 Å². The zero-order chi connectivity index (χ0) is 13.1. The molecule has 0 spiro atoms. The Bertz CT molecular complexity index is 263. The third-order valence-electron chi connectivity index (χ3n) is 3.44. The van der Waals surface area contributed by atoms with Crippen LogP contribution in [0.1, 0.15) is 40.0 Å². The fraction of sp³-hybridized carbons (Fsp3) is 0.923. The van der Waals surface area contributed by atoms with E-state index in [4.69, 9.17) is 5.73 Å². The van der Waals surface area contributed by atoms with E-state index in [0.29, 0.717) is 24.3 Å². The molecule has 1 fully saturated rings. The van der Waals surface area contributed by atoms with Gasteiger partial charge in [0, 0.05) is 17.8 Å². The molecule has 2 unspecified atom stereocenters. The van der Waals surface area contributed by atoms with E-state index >= 15 is 0 Å². The largest absolute Gasteiger partial charge is 0.342 e. The second kappa shape index (κ2) is 6.10. The standard InChI is InChI=1S/C13H26N2OS/c1-13(2,3)17-9-12(16)15(4)11-7-5-6-10(11)8-14/h10-11H,5-9,14H2,1-4H3. The van der Waals surface area contributed by atoms with Gasteiger partial charge in [0.05, 0.1) is 5.75 Å². The van der Waals surface area contributed by atoms with E-state index in [2.05, 4.69) is 20.8 Å². The summed E-state index contributed by atoms with van der Waals surface area (Å²) in [7, 11) is 1.93. The van der Waals surface area contributed by atoms with Crippen LogP contribution in [0.5, 0.6) is 0 Å². The van der Waals surface area contributed by atoms with E-state index in [0.717, 1.165) is 6.42 Å². The number of carbonyl (C=O) groups is 1. The Morgan fingerprint density at radius 3 is 2.59 bits per heavy atom. The molecule has 1 rings (SSSR count). The van der Waals surface area contributed by atoms with Crippen molar-refractivity contribution in [3.8, 4) is 0 Å². The molecule has 3 nitrogen and oxygen atoms in total. The van der Waals surface area contributed by atoms with Crippen LogP contribution in [-0.4, -0.2) is 40.9 Å². The zero-order valence-electron chi connectivity index (χ0n) is 11.5. The first-order valence-electron chi connectivity index (χ1n) is 6.45. The highest BCUT2D eigenvalue weighted by molar-refractivity contribution is 8.01. The van der Waals surface area contributed by atoms with Gasteiger partial charge in [0.25, 0.3) is 0 Å². The highest BCUT2D eigenvalue weighted by atomic mass is 32.2. The molecule has 100 valence electrons. The van der Waals surface area contributed by atoms with Crippen LogP contribution in [0.15, 0.2) is 0 Å². The van der Waals surface area contributed by atoms with Crippen molar-refractivity contribution >= 4 is 17.7 Å². The van der Waals surface area contributed by atoms with Crippen molar-refractivity contribution in [3.63, 3.8) is 0 Å². The number of thioether (sulfide) groups is 1. The minimum atomic E-state index is 0.152. The van der Waals surface area contributed by atoms with Gasteiger partial charge in [0.15, 0.2) is 0 Å².